The van der Waals surface area contributed by atoms with Gasteiger partial charge in [-0.25, -0.2) is 0 Å². The summed E-state index contributed by atoms with van der Waals surface area (Å²) in [5.41, 5.74) is 0.214. The molecule has 1 aliphatic rings. The molecule has 64 valence electrons. The zero-order chi connectivity index (χ0) is 8.48. The molecule has 0 aromatic heterocycles. The third-order valence-electron chi connectivity index (χ3n) is 2.81. The normalized spacial score (nSPS) is 37.4. The first-order valence-corrected chi connectivity index (χ1v) is 4.38. The standard InChI is InChI=1S/C9H17NO/c1-4-5-9(3)6-8(11)10-7(9)2/h7H,4-6H2,1-3H3,(H,10,11). The zero-order valence-corrected chi connectivity index (χ0v) is 7.61. The first kappa shape index (κ1) is 8.57. The number of hydrogen-bond acceptors (Lipinski definition) is 1. The van der Waals surface area contributed by atoms with Gasteiger partial charge in [0.25, 0.3) is 0 Å². The van der Waals surface area contributed by atoms with Gasteiger partial charge in [0, 0.05) is 12.5 Å². The fraction of sp³-hybridized carbons (Fsp3) is 0.889. The Morgan fingerprint density at radius 1 is 1.73 bits per heavy atom. The molecular weight excluding hydrogens is 138 g/mol. The van der Waals surface area contributed by atoms with Crippen molar-refractivity contribution in [3.63, 3.8) is 0 Å². The highest BCUT2D eigenvalue weighted by Gasteiger charge is 2.39. The van der Waals surface area contributed by atoms with Crippen LogP contribution in [0.1, 0.15) is 40.0 Å². The van der Waals surface area contributed by atoms with Crippen LogP contribution < -0.4 is 5.32 Å². The molecule has 1 heterocycles. The van der Waals surface area contributed by atoms with Crippen LogP contribution in [0.25, 0.3) is 0 Å². The summed E-state index contributed by atoms with van der Waals surface area (Å²) in [7, 11) is 0. The van der Waals surface area contributed by atoms with Crippen molar-refractivity contribution in [3.05, 3.63) is 0 Å². The average molecular weight is 155 g/mol. The van der Waals surface area contributed by atoms with Crippen LogP contribution >= 0.6 is 0 Å². The van der Waals surface area contributed by atoms with E-state index in [-0.39, 0.29) is 11.3 Å². The van der Waals surface area contributed by atoms with E-state index < -0.39 is 0 Å². The summed E-state index contributed by atoms with van der Waals surface area (Å²) in [6, 6.07) is 0.356. The van der Waals surface area contributed by atoms with E-state index in [1.54, 1.807) is 0 Å². The summed E-state index contributed by atoms with van der Waals surface area (Å²) in [4.78, 5) is 11.0. The summed E-state index contributed by atoms with van der Waals surface area (Å²) in [6.07, 6.45) is 3.02. The second kappa shape index (κ2) is 2.84. The molecule has 1 aliphatic heterocycles. The van der Waals surface area contributed by atoms with Crippen molar-refractivity contribution < 1.29 is 4.79 Å². The van der Waals surface area contributed by atoms with E-state index in [2.05, 4.69) is 26.1 Å². The molecule has 0 aromatic rings. The molecule has 1 fully saturated rings. The molecule has 1 N–H and O–H groups in total. The van der Waals surface area contributed by atoms with E-state index in [0.717, 1.165) is 12.8 Å². The Kier molecular flexibility index (Phi) is 2.21. The lowest BCUT2D eigenvalue weighted by Crippen LogP contribution is -2.31. The Morgan fingerprint density at radius 2 is 2.36 bits per heavy atom. The number of carbonyl (C=O) groups excluding carboxylic acids is 1. The molecular formula is C9H17NO. The predicted octanol–water partition coefficient (Wildman–Crippen LogP) is 1.70. The Bertz CT molecular complexity index is 167. The Balaban J connectivity index is 2.62. The second-order valence-corrected chi connectivity index (χ2v) is 3.87. The minimum Gasteiger partial charge on any atom is -0.353 e. The van der Waals surface area contributed by atoms with Gasteiger partial charge in [0.1, 0.15) is 0 Å². The summed E-state index contributed by atoms with van der Waals surface area (Å²) in [6.45, 7) is 6.46. The molecule has 0 aromatic carbocycles. The van der Waals surface area contributed by atoms with Crippen LogP contribution in [0.2, 0.25) is 0 Å². The summed E-state index contributed by atoms with van der Waals surface area (Å²) < 4.78 is 0. The topological polar surface area (TPSA) is 29.1 Å². The van der Waals surface area contributed by atoms with Crippen molar-refractivity contribution in [2.75, 3.05) is 0 Å². The van der Waals surface area contributed by atoms with Gasteiger partial charge in [0.05, 0.1) is 0 Å². The smallest absolute Gasteiger partial charge is 0.220 e. The lowest BCUT2D eigenvalue weighted by atomic mass is 9.79. The summed E-state index contributed by atoms with van der Waals surface area (Å²) >= 11 is 0. The van der Waals surface area contributed by atoms with Crippen molar-refractivity contribution >= 4 is 5.91 Å². The third kappa shape index (κ3) is 1.55. The maximum Gasteiger partial charge on any atom is 0.220 e. The molecule has 1 amide bonds. The quantitative estimate of drug-likeness (QED) is 0.646. The van der Waals surface area contributed by atoms with Crippen LogP contribution in [0.3, 0.4) is 0 Å². The Labute approximate surface area is 68.4 Å². The Hall–Kier alpha value is -0.530. The molecule has 2 atom stereocenters. The minimum absolute atomic E-state index is 0.214. The SMILES string of the molecule is CCCC1(C)CC(=O)NC1C. The summed E-state index contributed by atoms with van der Waals surface area (Å²) in [5.74, 6) is 0.216. The molecule has 0 spiro atoms. The maximum absolute atomic E-state index is 11.0. The van der Waals surface area contributed by atoms with Crippen molar-refractivity contribution in [3.8, 4) is 0 Å². The number of hydrogen-bond donors (Lipinski definition) is 1. The van der Waals surface area contributed by atoms with Crippen LogP contribution in [-0.2, 0) is 4.79 Å². The van der Waals surface area contributed by atoms with Gasteiger partial charge in [-0.1, -0.05) is 20.3 Å². The van der Waals surface area contributed by atoms with E-state index in [1.807, 2.05) is 0 Å². The van der Waals surface area contributed by atoms with E-state index >= 15 is 0 Å². The van der Waals surface area contributed by atoms with Gasteiger partial charge in [0.2, 0.25) is 5.91 Å². The van der Waals surface area contributed by atoms with E-state index in [4.69, 9.17) is 0 Å². The first-order valence-electron chi connectivity index (χ1n) is 4.38. The van der Waals surface area contributed by atoms with Crippen LogP contribution in [0, 0.1) is 5.41 Å². The predicted molar refractivity (Wildman–Crippen MR) is 45.2 cm³/mol. The monoisotopic (exact) mass is 155 g/mol. The van der Waals surface area contributed by atoms with E-state index in [1.165, 1.54) is 0 Å². The summed E-state index contributed by atoms with van der Waals surface area (Å²) in [5, 5.41) is 2.95. The molecule has 0 saturated carbocycles. The van der Waals surface area contributed by atoms with Crippen molar-refractivity contribution in [2.45, 2.75) is 46.1 Å². The maximum atomic E-state index is 11.0. The molecule has 2 nitrogen and oxygen atoms in total. The van der Waals surface area contributed by atoms with Gasteiger partial charge in [-0.2, -0.15) is 0 Å². The highest BCUT2D eigenvalue weighted by Crippen LogP contribution is 2.35. The lowest BCUT2D eigenvalue weighted by Gasteiger charge is -2.26. The van der Waals surface area contributed by atoms with Gasteiger partial charge in [-0.05, 0) is 18.8 Å². The highest BCUT2D eigenvalue weighted by atomic mass is 16.2. The molecule has 2 heteroatoms. The Morgan fingerprint density at radius 3 is 2.73 bits per heavy atom. The molecule has 1 rings (SSSR count). The number of rotatable bonds is 2. The average Bonchev–Trinajstić information content (AvgIpc) is 2.08. The molecule has 2 unspecified atom stereocenters. The van der Waals surface area contributed by atoms with Crippen LogP contribution in [0.5, 0.6) is 0 Å². The number of nitrogens with one attached hydrogen (secondary N) is 1. The van der Waals surface area contributed by atoms with Crippen molar-refractivity contribution in [1.82, 2.24) is 5.32 Å². The molecule has 1 saturated heterocycles. The van der Waals surface area contributed by atoms with Gasteiger partial charge < -0.3 is 5.32 Å². The van der Waals surface area contributed by atoms with Crippen LogP contribution in [0.15, 0.2) is 0 Å². The molecule has 11 heavy (non-hydrogen) atoms. The van der Waals surface area contributed by atoms with Gasteiger partial charge in [0.15, 0.2) is 0 Å². The van der Waals surface area contributed by atoms with Gasteiger partial charge >= 0.3 is 0 Å². The zero-order valence-electron chi connectivity index (χ0n) is 7.61. The number of carbonyl (C=O) groups is 1. The second-order valence-electron chi connectivity index (χ2n) is 3.87. The van der Waals surface area contributed by atoms with Gasteiger partial charge in [-0.15, -0.1) is 0 Å². The molecule has 0 radical (unpaired) electrons. The lowest BCUT2D eigenvalue weighted by molar-refractivity contribution is -0.119. The highest BCUT2D eigenvalue weighted by molar-refractivity contribution is 5.79. The fourth-order valence-corrected chi connectivity index (χ4v) is 1.86. The third-order valence-corrected chi connectivity index (χ3v) is 2.81. The van der Waals surface area contributed by atoms with E-state index in [0.29, 0.717) is 12.5 Å². The molecule has 0 bridgehead atoms. The number of amides is 1. The first-order chi connectivity index (χ1) is 5.08. The van der Waals surface area contributed by atoms with Crippen molar-refractivity contribution in [1.29, 1.82) is 0 Å². The fourth-order valence-electron chi connectivity index (χ4n) is 1.86. The minimum atomic E-state index is 0.214. The van der Waals surface area contributed by atoms with E-state index in [9.17, 15) is 4.79 Å². The van der Waals surface area contributed by atoms with Crippen LogP contribution in [-0.4, -0.2) is 11.9 Å². The molecule has 0 aliphatic carbocycles. The van der Waals surface area contributed by atoms with Crippen LogP contribution in [0.4, 0.5) is 0 Å². The largest absolute Gasteiger partial charge is 0.353 e. The van der Waals surface area contributed by atoms with Crippen molar-refractivity contribution in [2.24, 2.45) is 5.41 Å². The van der Waals surface area contributed by atoms with Gasteiger partial charge in [-0.3, -0.25) is 4.79 Å².